The van der Waals surface area contributed by atoms with E-state index in [-0.39, 0.29) is 5.75 Å². The van der Waals surface area contributed by atoms with Crippen molar-refractivity contribution in [2.45, 2.75) is 0 Å². The van der Waals surface area contributed by atoms with Gasteiger partial charge in [-0.05, 0) is 35.4 Å². The Balaban J connectivity index is 2.19. The molecule has 0 amide bonds. The van der Waals surface area contributed by atoms with Crippen LogP contribution in [0.4, 0.5) is 0 Å². The standard InChI is InChI=1S/C15H10OS3/c16-12-8-6-11(7-9-12)14-13(15(17)19-18-14)10-4-2-1-3-5-10/h1-9,16H. The van der Waals surface area contributed by atoms with E-state index in [2.05, 4.69) is 12.1 Å². The van der Waals surface area contributed by atoms with Crippen LogP contribution in [-0.2, 0) is 0 Å². The summed E-state index contributed by atoms with van der Waals surface area (Å²) in [5, 5.41) is 9.38. The average molecular weight is 302 g/mol. The number of rotatable bonds is 2. The van der Waals surface area contributed by atoms with Gasteiger partial charge in [0.1, 0.15) is 9.57 Å². The molecule has 0 atom stereocenters. The number of phenols is 1. The highest BCUT2D eigenvalue weighted by molar-refractivity contribution is 7.80. The largest absolute Gasteiger partial charge is 0.508 e. The predicted octanol–water partition coefficient (Wildman–Crippen LogP) is 5.58. The van der Waals surface area contributed by atoms with Crippen LogP contribution in [0.25, 0.3) is 21.6 Å². The van der Waals surface area contributed by atoms with Crippen molar-refractivity contribution in [3.8, 4) is 27.3 Å². The Kier molecular flexibility index (Phi) is 3.46. The van der Waals surface area contributed by atoms with Gasteiger partial charge < -0.3 is 5.11 Å². The SMILES string of the molecule is Oc1ccc(-c2ssc(=S)c2-c2ccccc2)cc1. The first-order valence-electron chi connectivity index (χ1n) is 5.73. The summed E-state index contributed by atoms with van der Waals surface area (Å²) in [6, 6.07) is 17.5. The van der Waals surface area contributed by atoms with Crippen LogP contribution in [-0.4, -0.2) is 5.11 Å². The molecule has 0 saturated heterocycles. The number of phenolic OH excluding ortho intramolecular Hbond substituents is 1. The molecule has 0 saturated carbocycles. The van der Waals surface area contributed by atoms with Crippen LogP contribution in [0.2, 0.25) is 0 Å². The summed E-state index contributed by atoms with van der Waals surface area (Å²) in [6.45, 7) is 0. The molecule has 0 spiro atoms. The van der Waals surface area contributed by atoms with Gasteiger partial charge in [-0.1, -0.05) is 63.2 Å². The van der Waals surface area contributed by atoms with Gasteiger partial charge in [-0.3, -0.25) is 0 Å². The zero-order valence-corrected chi connectivity index (χ0v) is 12.3. The summed E-state index contributed by atoms with van der Waals surface area (Å²) >= 11 is 5.46. The lowest BCUT2D eigenvalue weighted by Gasteiger charge is -2.03. The monoisotopic (exact) mass is 302 g/mol. The van der Waals surface area contributed by atoms with Gasteiger partial charge in [0.25, 0.3) is 0 Å². The van der Waals surface area contributed by atoms with E-state index in [1.807, 2.05) is 30.3 Å². The summed E-state index contributed by atoms with van der Waals surface area (Å²) in [6.07, 6.45) is 0. The molecule has 0 radical (unpaired) electrons. The van der Waals surface area contributed by atoms with Crippen LogP contribution in [0.15, 0.2) is 54.6 Å². The lowest BCUT2D eigenvalue weighted by atomic mass is 10.0. The molecule has 1 nitrogen and oxygen atoms in total. The maximum absolute atomic E-state index is 9.38. The zero-order valence-electron chi connectivity index (χ0n) is 9.87. The molecule has 1 heterocycles. The number of hydrogen-bond donors (Lipinski definition) is 1. The minimum atomic E-state index is 0.281. The predicted molar refractivity (Wildman–Crippen MR) is 85.6 cm³/mol. The molecule has 0 aliphatic rings. The molecule has 0 fully saturated rings. The van der Waals surface area contributed by atoms with Crippen LogP contribution < -0.4 is 0 Å². The normalized spacial score (nSPS) is 10.5. The Morgan fingerprint density at radius 1 is 0.789 bits per heavy atom. The third-order valence-corrected chi connectivity index (χ3v) is 5.89. The van der Waals surface area contributed by atoms with Crippen molar-refractivity contribution in [3.05, 3.63) is 58.4 Å². The van der Waals surface area contributed by atoms with Crippen molar-refractivity contribution >= 4 is 32.9 Å². The van der Waals surface area contributed by atoms with Crippen LogP contribution in [0.1, 0.15) is 0 Å². The Hall–Kier alpha value is -1.49. The Morgan fingerprint density at radius 2 is 1.47 bits per heavy atom. The van der Waals surface area contributed by atoms with Crippen molar-refractivity contribution in [3.63, 3.8) is 0 Å². The van der Waals surface area contributed by atoms with E-state index in [1.54, 1.807) is 32.8 Å². The first-order chi connectivity index (χ1) is 9.25. The van der Waals surface area contributed by atoms with Gasteiger partial charge in [-0.15, -0.1) is 0 Å². The fourth-order valence-corrected chi connectivity index (χ4v) is 4.83. The van der Waals surface area contributed by atoms with E-state index in [0.717, 1.165) is 20.5 Å². The average Bonchev–Trinajstić information content (AvgIpc) is 2.82. The molecule has 0 unspecified atom stereocenters. The smallest absolute Gasteiger partial charge is 0.115 e. The summed E-state index contributed by atoms with van der Waals surface area (Å²) in [4.78, 5) is 1.17. The second-order valence-electron chi connectivity index (χ2n) is 4.07. The lowest BCUT2D eigenvalue weighted by Crippen LogP contribution is -1.79. The van der Waals surface area contributed by atoms with Gasteiger partial charge in [0.2, 0.25) is 0 Å². The molecular formula is C15H10OS3. The van der Waals surface area contributed by atoms with Gasteiger partial charge in [0.15, 0.2) is 0 Å². The van der Waals surface area contributed by atoms with Gasteiger partial charge in [0, 0.05) is 5.56 Å². The maximum atomic E-state index is 9.38. The van der Waals surface area contributed by atoms with E-state index in [0.29, 0.717) is 0 Å². The van der Waals surface area contributed by atoms with Gasteiger partial charge in [0.05, 0.1) is 4.88 Å². The highest BCUT2D eigenvalue weighted by Crippen LogP contribution is 2.41. The van der Waals surface area contributed by atoms with E-state index in [1.165, 1.54) is 4.88 Å². The van der Waals surface area contributed by atoms with E-state index < -0.39 is 0 Å². The van der Waals surface area contributed by atoms with Crippen LogP contribution >= 0.6 is 32.9 Å². The highest BCUT2D eigenvalue weighted by Gasteiger charge is 2.12. The molecular weight excluding hydrogens is 292 g/mol. The first-order valence-corrected chi connectivity index (χ1v) is 8.29. The van der Waals surface area contributed by atoms with Crippen molar-refractivity contribution < 1.29 is 5.11 Å². The van der Waals surface area contributed by atoms with Crippen molar-refractivity contribution in [2.75, 3.05) is 0 Å². The maximum Gasteiger partial charge on any atom is 0.115 e. The molecule has 0 aliphatic heterocycles. The molecule has 94 valence electrons. The minimum absolute atomic E-state index is 0.281. The summed E-state index contributed by atoms with van der Waals surface area (Å²) < 4.78 is 0.916. The second-order valence-corrected chi connectivity index (χ2v) is 6.89. The topological polar surface area (TPSA) is 20.2 Å². The summed E-state index contributed by atoms with van der Waals surface area (Å²) in [5.41, 5.74) is 3.36. The van der Waals surface area contributed by atoms with Crippen LogP contribution in [0.3, 0.4) is 0 Å². The molecule has 2 aromatic carbocycles. The highest BCUT2D eigenvalue weighted by atomic mass is 32.9. The molecule has 4 heteroatoms. The molecule has 0 bridgehead atoms. The van der Waals surface area contributed by atoms with Crippen molar-refractivity contribution in [1.82, 2.24) is 0 Å². The second kappa shape index (κ2) is 5.25. The van der Waals surface area contributed by atoms with E-state index >= 15 is 0 Å². The summed E-state index contributed by atoms with van der Waals surface area (Å²) in [7, 11) is 3.30. The molecule has 1 aromatic heterocycles. The molecule has 3 rings (SSSR count). The fourth-order valence-electron chi connectivity index (χ4n) is 1.91. The quantitative estimate of drug-likeness (QED) is 0.492. The van der Waals surface area contributed by atoms with Crippen LogP contribution in [0.5, 0.6) is 5.75 Å². The Morgan fingerprint density at radius 3 is 2.16 bits per heavy atom. The Bertz CT molecular complexity index is 739. The third kappa shape index (κ3) is 2.47. The van der Waals surface area contributed by atoms with Gasteiger partial charge in [-0.2, -0.15) is 0 Å². The number of hydrogen-bond acceptors (Lipinski definition) is 4. The first kappa shape index (κ1) is 12.5. The minimum Gasteiger partial charge on any atom is -0.508 e. The molecule has 1 N–H and O–H groups in total. The zero-order chi connectivity index (χ0) is 13.2. The third-order valence-electron chi connectivity index (χ3n) is 2.82. The Labute approximate surface area is 123 Å². The fraction of sp³-hybridized carbons (Fsp3) is 0. The van der Waals surface area contributed by atoms with Crippen LogP contribution in [0, 0.1) is 3.82 Å². The molecule has 19 heavy (non-hydrogen) atoms. The van der Waals surface area contributed by atoms with Gasteiger partial charge >= 0.3 is 0 Å². The molecule has 3 aromatic rings. The lowest BCUT2D eigenvalue weighted by molar-refractivity contribution is 0.475. The van der Waals surface area contributed by atoms with E-state index in [4.69, 9.17) is 12.2 Å². The number of benzene rings is 2. The van der Waals surface area contributed by atoms with Crippen molar-refractivity contribution in [1.29, 1.82) is 0 Å². The number of aromatic hydroxyl groups is 1. The molecule has 0 aliphatic carbocycles. The summed E-state index contributed by atoms with van der Waals surface area (Å²) in [5.74, 6) is 0.281. The van der Waals surface area contributed by atoms with Gasteiger partial charge in [-0.25, -0.2) is 0 Å². The van der Waals surface area contributed by atoms with E-state index in [9.17, 15) is 5.11 Å². The van der Waals surface area contributed by atoms with Crippen molar-refractivity contribution in [2.24, 2.45) is 0 Å².